The summed E-state index contributed by atoms with van der Waals surface area (Å²) in [6.07, 6.45) is 8.15. The number of hydrazone groups is 1. The molecule has 3 heterocycles. The zero-order valence-electron chi connectivity index (χ0n) is 17.2. The summed E-state index contributed by atoms with van der Waals surface area (Å²) in [6, 6.07) is 10.2. The molecule has 1 unspecified atom stereocenters. The van der Waals surface area contributed by atoms with Gasteiger partial charge in [-0.05, 0) is 43.2 Å². The summed E-state index contributed by atoms with van der Waals surface area (Å²) in [5.41, 5.74) is 2.91. The Balaban J connectivity index is 1.45. The highest BCUT2D eigenvalue weighted by atomic mass is 19.1. The first-order chi connectivity index (χ1) is 15.0. The topological polar surface area (TPSA) is 83.1 Å². The van der Waals surface area contributed by atoms with Gasteiger partial charge in [-0.15, -0.1) is 0 Å². The molecule has 0 aliphatic carbocycles. The Morgan fingerprint density at radius 3 is 2.74 bits per heavy atom. The maximum absolute atomic E-state index is 13.1. The number of pyridine rings is 1. The minimum absolute atomic E-state index is 0.123. The second-order valence-corrected chi connectivity index (χ2v) is 7.46. The average Bonchev–Trinajstić information content (AvgIpc) is 3.23. The van der Waals surface area contributed by atoms with E-state index in [1.807, 2.05) is 38.3 Å². The summed E-state index contributed by atoms with van der Waals surface area (Å²) >= 11 is 0. The monoisotopic (exact) mass is 417 g/mol. The van der Waals surface area contributed by atoms with E-state index in [9.17, 15) is 9.18 Å². The fourth-order valence-corrected chi connectivity index (χ4v) is 3.37. The predicted molar refractivity (Wildman–Crippen MR) is 116 cm³/mol. The Morgan fingerprint density at radius 2 is 2.00 bits per heavy atom. The predicted octanol–water partition coefficient (Wildman–Crippen LogP) is 2.97. The number of aryl methyl sites for hydroxylation is 1. The van der Waals surface area contributed by atoms with Crippen LogP contribution in [0.2, 0.25) is 0 Å². The molecule has 0 spiro atoms. The fraction of sp³-hybridized carbons (Fsp3) is 0.217. The number of hydrogen-bond donors (Lipinski definition) is 1. The van der Waals surface area contributed by atoms with Crippen molar-refractivity contribution in [3.63, 3.8) is 0 Å². The second-order valence-electron chi connectivity index (χ2n) is 7.46. The number of hydrogen-bond acceptors (Lipinski definition) is 5. The molecule has 2 atom stereocenters. The number of amides is 1. The number of benzene rings is 1. The minimum Gasteiger partial charge on any atom is -0.343 e. The summed E-state index contributed by atoms with van der Waals surface area (Å²) in [4.78, 5) is 25.7. The largest absolute Gasteiger partial charge is 0.343 e. The normalized spacial score (nSPS) is 16.1. The van der Waals surface area contributed by atoms with E-state index in [1.54, 1.807) is 35.4 Å². The summed E-state index contributed by atoms with van der Waals surface area (Å²) in [6.45, 7) is 4.34. The molecule has 1 amide bonds. The molecular weight excluding hydrogens is 395 g/mol. The quantitative estimate of drug-likeness (QED) is 0.625. The SMILES string of the molecule is Cc1ccc(-c2ncccn2)c(C(=O)N[C@@H](C)C[N+]2=CC(c3ccc(F)cn3)C=N2)c1. The number of carbonyl (C=O) groups excluding carboxylic acids is 1. The third-order valence-electron chi connectivity index (χ3n) is 4.86. The van der Waals surface area contributed by atoms with Crippen LogP contribution in [0.1, 0.15) is 34.5 Å². The smallest absolute Gasteiger partial charge is 0.252 e. The lowest BCUT2D eigenvalue weighted by atomic mass is 10.0. The first-order valence-corrected chi connectivity index (χ1v) is 9.95. The maximum atomic E-state index is 13.1. The molecule has 156 valence electrons. The van der Waals surface area contributed by atoms with Gasteiger partial charge in [0.05, 0.1) is 29.7 Å². The number of carbonyl (C=O) groups is 1. The van der Waals surface area contributed by atoms with Gasteiger partial charge in [0.2, 0.25) is 0 Å². The molecule has 4 rings (SSSR count). The third kappa shape index (κ3) is 4.85. The van der Waals surface area contributed by atoms with Gasteiger partial charge in [-0.1, -0.05) is 22.4 Å². The van der Waals surface area contributed by atoms with Crippen molar-refractivity contribution in [3.8, 4) is 11.4 Å². The van der Waals surface area contributed by atoms with Crippen LogP contribution in [0.25, 0.3) is 11.4 Å². The van der Waals surface area contributed by atoms with Crippen molar-refractivity contribution in [1.29, 1.82) is 0 Å². The molecule has 1 aromatic carbocycles. The van der Waals surface area contributed by atoms with E-state index in [0.29, 0.717) is 23.5 Å². The van der Waals surface area contributed by atoms with Gasteiger partial charge in [0.25, 0.3) is 5.91 Å². The molecule has 0 saturated heterocycles. The zero-order valence-corrected chi connectivity index (χ0v) is 17.2. The lowest BCUT2D eigenvalue weighted by Crippen LogP contribution is -2.38. The van der Waals surface area contributed by atoms with Crippen molar-refractivity contribution in [2.75, 3.05) is 6.54 Å². The maximum Gasteiger partial charge on any atom is 0.252 e. The van der Waals surface area contributed by atoms with Crippen LogP contribution in [-0.4, -0.2) is 50.6 Å². The van der Waals surface area contributed by atoms with E-state index in [0.717, 1.165) is 11.3 Å². The molecule has 8 heteroatoms. The molecule has 0 fully saturated rings. The molecule has 1 aliphatic rings. The number of aromatic nitrogens is 3. The van der Waals surface area contributed by atoms with Crippen LogP contribution >= 0.6 is 0 Å². The zero-order chi connectivity index (χ0) is 21.8. The molecule has 0 bridgehead atoms. The fourth-order valence-electron chi connectivity index (χ4n) is 3.37. The van der Waals surface area contributed by atoms with Crippen LogP contribution in [0.3, 0.4) is 0 Å². The molecule has 1 N–H and O–H groups in total. The van der Waals surface area contributed by atoms with Crippen molar-refractivity contribution in [2.45, 2.75) is 25.8 Å². The second kappa shape index (κ2) is 8.91. The number of nitrogens with zero attached hydrogens (tertiary/aromatic N) is 5. The highest BCUT2D eigenvalue weighted by Gasteiger charge is 2.24. The highest BCUT2D eigenvalue weighted by Crippen LogP contribution is 2.21. The molecule has 31 heavy (non-hydrogen) atoms. The van der Waals surface area contributed by atoms with Crippen molar-refractivity contribution in [2.24, 2.45) is 5.10 Å². The van der Waals surface area contributed by atoms with Crippen LogP contribution in [0.4, 0.5) is 4.39 Å². The van der Waals surface area contributed by atoms with E-state index >= 15 is 0 Å². The van der Waals surface area contributed by atoms with Gasteiger partial charge >= 0.3 is 0 Å². The van der Waals surface area contributed by atoms with Crippen molar-refractivity contribution < 1.29 is 13.9 Å². The number of nitrogens with one attached hydrogen (secondary N) is 1. The van der Waals surface area contributed by atoms with Crippen LogP contribution in [0.15, 0.2) is 60.1 Å². The molecule has 7 nitrogen and oxygen atoms in total. The van der Waals surface area contributed by atoms with Crippen LogP contribution in [0, 0.1) is 12.7 Å². The van der Waals surface area contributed by atoms with Crippen LogP contribution in [0.5, 0.6) is 0 Å². The molecule has 1 aliphatic heterocycles. The van der Waals surface area contributed by atoms with Gasteiger partial charge in [0.15, 0.2) is 18.6 Å². The summed E-state index contributed by atoms with van der Waals surface area (Å²) in [5, 5.41) is 7.39. The Labute approximate surface area is 179 Å². The van der Waals surface area contributed by atoms with Gasteiger partial charge in [-0.2, -0.15) is 0 Å². The average molecular weight is 417 g/mol. The van der Waals surface area contributed by atoms with E-state index in [1.165, 1.54) is 12.3 Å². The molecule has 0 saturated carbocycles. The number of halogens is 1. The lowest BCUT2D eigenvalue weighted by molar-refractivity contribution is -0.528. The minimum atomic E-state index is -0.372. The Kier molecular flexibility index (Phi) is 5.88. The Bertz CT molecular complexity index is 1140. The van der Waals surface area contributed by atoms with Crippen molar-refractivity contribution >= 4 is 18.3 Å². The van der Waals surface area contributed by atoms with Crippen LogP contribution < -0.4 is 5.32 Å². The van der Waals surface area contributed by atoms with E-state index in [2.05, 4.69) is 25.4 Å². The van der Waals surface area contributed by atoms with Crippen molar-refractivity contribution in [1.82, 2.24) is 20.3 Å². The summed E-state index contributed by atoms with van der Waals surface area (Å²) in [7, 11) is 0. The van der Waals surface area contributed by atoms with E-state index in [4.69, 9.17) is 0 Å². The molecular formula is C23H22FN6O+. The van der Waals surface area contributed by atoms with E-state index < -0.39 is 0 Å². The highest BCUT2D eigenvalue weighted by molar-refractivity contribution is 6.00. The summed E-state index contributed by atoms with van der Waals surface area (Å²) < 4.78 is 14.8. The van der Waals surface area contributed by atoms with Crippen molar-refractivity contribution in [3.05, 3.63) is 77.6 Å². The summed E-state index contributed by atoms with van der Waals surface area (Å²) in [5.74, 6) is -0.184. The number of rotatable bonds is 6. The standard InChI is InChI=1S/C23H21FN6O/c1-15-4-6-19(22-25-8-3-9-26-22)20(10-15)23(31)29-16(2)13-30-14-17(11-28-30)21-7-5-18(24)12-27-21/h3-12,14,16-17H,13H2,1-2H3/p+1/t16-,17?/m0/s1. The first-order valence-electron chi connectivity index (χ1n) is 9.95. The van der Waals surface area contributed by atoms with Gasteiger partial charge < -0.3 is 5.32 Å². The van der Waals surface area contributed by atoms with Gasteiger partial charge in [0, 0.05) is 18.0 Å². The van der Waals surface area contributed by atoms with Crippen LogP contribution in [-0.2, 0) is 0 Å². The molecule has 2 aromatic heterocycles. The first kappa shape index (κ1) is 20.5. The third-order valence-corrected chi connectivity index (χ3v) is 4.86. The van der Waals surface area contributed by atoms with Gasteiger partial charge in [0.1, 0.15) is 11.7 Å². The molecule has 3 aromatic rings. The van der Waals surface area contributed by atoms with Gasteiger partial charge in [-0.25, -0.2) is 14.4 Å². The Morgan fingerprint density at radius 1 is 1.19 bits per heavy atom. The molecule has 0 radical (unpaired) electrons. The van der Waals surface area contributed by atoms with Gasteiger partial charge in [-0.3, -0.25) is 9.78 Å². The Hall–Kier alpha value is -3.81. The van der Waals surface area contributed by atoms with E-state index in [-0.39, 0.29) is 23.7 Å². The lowest BCUT2D eigenvalue weighted by Gasteiger charge is -2.13.